The summed E-state index contributed by atoms with van der Waals surface area (Å²) < 4.78 is 0. The van der Waals surface area contributed by atoms with Crippen LogP contribution in [0.15, 0.2) is 0 Å². The van der Waals surface area contributed by atoms with E-state index >= 15 is 0 Å². The molecule has 1 saturated heterocycles. The Morgan fingerprint density at radius 1 is 1.44 bits per heavy atom. The Labute approximate surface area is 110 Å². The third-order valence-corrected chi connectivity index (χ3v) is 5.90. The largest absolute Gasteiger partial charge is 0.394 e. The van der Waals surface area contributed by atoms with Crippen molar-refractivity contribution in [3.8, 4) is 0 Å². The number of piperidine rings is 1. The zero-order valence-electron chi connectivity index (χ0n) is 11.9. The maximum absolute atomic E-state index is 12.6. The second kappa shape index (κ2) is 3.50. The average molecular weight is 251 g/mol. The fourth-order valence-electron chi connectivity index (χ4n) is 4.03. The molecule has 0 radical (unpaired) electrons. The molecule has 0 bridgehead atoms. The van der Waals surface area contributed by atoms with Gasteiger partial charge in [0.25, 0.3) is 0 Å². The second-order valence-electron chi connectivity index (χ2n) is 7.69. The normalized spacial score (nSPS) is 37.6. The highest BCUT2D eigenvalue weighted by molar-refractivity contribution is 5.80. The van der Waals surface area contributed by atoms with Crippen molar-refractivity contribution < 1.29 is 9.90 Å². The highest BCUT2D eigenvalue weighted by Gasteiger charge is 2.77. The summed E-state index contributed by atoms with van der Waals surface area (Å²) in [4.78, 5) is 14.6. The van der Waals surface area contributed by atoms with E-state index in [-0.39, 0.29) is 29.9 Å². The first-order valence-corrected chi connectivity index (χ1v) is 7.24. The number of nitrogens with zero attached hydrogens (tertiary/aromatic N) is 1. The van der Waals surface area contributed by atoms with Gasteiger partial charge in [-0.2, -0.15) is 0 Å². The molecule has 1 aliphatic heterocycles. The topological polar surface area (TPSA) is 40.5 Å². The van der Waals surface area contributed by atoms with Gasteiger partial charge < -0.3 is 10.0 Å². The predicted octanol–water partition coefficient (Wildman–Crippen LogP) is 1.90. The summed E-state index contributed by atoms with van der Waals surface area (Å²) in [6.45, 7) is 9.41. The van der Waals surface area contributed by atoms with Crippen LogP contribution in [-0.2, 0) is 4.79 Å². The van der Waals surface area contributed by atoms with Crippen molar-refractivity contribution in [2.75, 3.05) is 13.2 Å². The zero-order chi connectivity index (χ0) is 13.3. The fraction of sp³-hybridized carbons (Fsp3) is 0.933. The van der Waals surface area contributed by atoms with Crippen molar-refractivity contribution in [3.05, 3.63) is 0 Å². The molecule has 2 aliphatic carbocycles. The number of aliphatic hydroxyl groups excluding tert-OH is 1. The SMILES string of the molecule is C[C@H](C(=O)N1C[C@H]2C([C@H]1CO)C21CC1)C(C)(C)C. The van der Waals surface area contributed by atoms with Crippen LogP contribution in [0.5, 0.6) is 0 Å². The molecule has 4 atom stereocenters. The van der Waals surface area contributed by atoms with Crippen LogP contribution in [0.2, 0.25) is 0 Å². The third kappa shape index (κ3) is 1.49. The van der Waals surface area contributed by atoms with E-state index in [1.54, 1.807) is 0 Å². The minimum Gasteiger partial charge on any atom is -0.394 e. The molecule has 0 aromatic rings. The van der Waals surface area contributed by atoms with E-state index in [1.807, 2.05) is 11.8 Å². The molecule has 1 heterocycles. The van der Waals surface area contributed by atoms with Gasteiger partial charge in [-0.15, -0.1) is 0 Å². The lowest BCUT2D eigenvalue weighted by atomic mass is 9.81. The van der Waals surface area contributed by atoms with E-state index in [0.717, 1.165) is 6.54 Å². The highest BCUT2D eigenvalue weighted by Crippen LogP contribution is 2.78. The first-order chi connectivity index (χ1) is 8.33. The number of likely N-dealkylation sites (tertiary alicyclic amines) is 1. The first-order valence-electron chi connectivity index (χ1n) is 7.24. The lowest BCUT2D eigenvalue weighted by Gasteiger charge is -2.35. The van der Waals surface area contributed by atoms with Crippen LogP contribution in [0.4, 0.5) is 0 Å². The van der Waals surface area contributed by atoms with E-state index < -0.39 is 0 Å². The van der Waals surface area contributed by atoms with Gasteiger partial charge in [-0.05, 0) is 35.5 Å². The van der Waals surface area contributed by atoms with Gasteiger partial charge in [0.1, 0.15) is 0 Å². The lowest BCUT2D eigenvalue weighted by Crippen LogP contribution is -2.46. The third-order valence-electron chi connectivity index (χ3n) is 5.90. The number of hydrogen-bond acceptors (Lipinski definition) is 2. The Kier molecular flexibility index (Phi) is 2.42. The number of carbonyl (C=O) groups excluding carboxylic acids is 1. The molecule has 3 aliphatic rings. The number of hydrogen-bond donors (Lipinski definition) is 1. The van der Waals surface area contributed by atoms with Crippen molar-refractivity contribution in [3.63, 3.8) is 0 Å². The molecule has 102 valence electrons. The Bertz CT molecular complexity index is 380. The van der Waals surface area contributed by atoms with Gasteiger partial charge in [0.15, 0.2) is 0 Å². The van der Waals surface area contributed by atoms with Gasteiger partial charge in [-0.1, -0.05) is 27.7 Å². The quantitative estimate of drug-likeness (QED) is 0.814. The van der Waals surface area contributed by atoms with Crippen LogP contribution >= 0.6 is 0 Å². The number of fused-ring (bicyclic) bond motifs is 3. The van der Waals surface area contributed by atoms with Gasteiger partial charge in [0.2, 0.25) is 5.91 Å². The molecule has 0 aromatic heterocycles. The molecule has 3 heteroatoms. The molecular weight excluding hydrogens is 226 g/mol. The van der Waals surface area contributed by atoms with Crippen molar-refractivity contribution in [1.82, 2.24) is 4.90 Å². The number of rotatable bonds is 2. The van der Waals surface area contributed by atoms with Crippen LogP contribution < -0.4 is 0 Å². The van der Waals surface area contributed by atoms with E-state index in [1.165, 1.54) is 12.8 Å². The molecule has 3 rings (SSSR count). The smallest absolute Gasteiger partial charge is 0.226 e. The molecule has 1 N–H and O–H groups in total. The van der Waals surface area contributed by atoms with Crippen LogP contribution in [0, 0.1) is 28.6 Å². The second-order valence-corrected chi connectivity index (χ2v) is 7.69. The summed E-state index contributed by atoms with van der Waals surface area (Å²) in [5, 5.41) is 9.63. The minimum absolute atomic E-state index is 0.00113. The maximum atomic E-state index is 12.6. The van der Waals surface area contributed by atoms with Crippen molar-refractivity contribution in [2.45, 2.75) is 46.6 Å². The lowest BCUT2D eigenvalue weighted by molar-refractivity contribution is -0.141. The number of amides is 1. The molecule has 1 unspecified atom stereocenters. The average Bonchev–Trinajstić information content (AvgIpc) is 3.16. The summed E-state index contributed by atoms with van der Waals surface area (Å²) >= 11 is 0. The Balaban J connectivity index is 1.72. The Hall–Kier alpha value is -0.570. The zero-order valence-corrected chi connectivity index (χ0v) is 11.9. The molecule has 2 saturated carbocycles. The minimum atomic E-state index is 0.00113. The molecule has 3 fully saturated rings. The van der Waals surface area contributed by atoms with Crippen molar-refractivity contribution in [2.24, 2.45) is 28.6 Å². The van der Waals surface area contributed by atoms with E-state index in [2.05, 4.69) is 20.8 Å². The molecular formula is C15H25NO2. The number of carbonyl (C=O) groups is 1. The van der Waals surface area contributed by atoms with Gasteiger partial charge in [0, 0.05) is 12.5 Å². The molecule has 1 amide bonds. The van der Waals surface area contributed by atoms with E-state index in [0.29, 0.717) is 17.3 Å². The summed E-state index contributed by atoms with van der Waals surface area (Å²) in [7, 11) is 0. The predicted molar refractivity (Wildman–Crippen MR) is 69.9 cm³/mol. The van der Waals surface area contributed by atoms with Crippen LogP contribution in [0.1, 0.15) is 40.5 Å². The highest BCUT2D eigenvalue weighted by atomic mass is 16.3. The fourth-order valence-corrected chi connectivity index (χ4v) is 4.03. The van der Waals surface area contributed by atoms with E-state index in [9.17, 15) is 9.90 Å². The summed E-state index contributed by atoms with van der Waals surface area (Å²) in [5.41, 5.74) is 0.566. The molecule has 0 aromatic carbocycles. The Morgan fingerprint density at radius 2 is 2.06 bits per heavy atom. The van der Waals surface area contributed by atoms with Crippen LogP contribution in [0.25, 0.3) is 0 Å². The number of aliphatic hydroxyl groups is 1. The maximum Gasteiger partial charge on any atom is 0.226 e. The molecule has 1 spiro atoms. The van der Waals surface area contributed by atoms with Gasteiger partial charge >= 0.3 is 0 Å². The summed E-state index contributed by atoms with van der Waals surface area (Å²) in [6.07, 6.45) is 2.66. The van der Waals surface area contributed by atoms with Gasteiger partial charge in [-0.3, -0.25) is 4.79 Å². The van der Waals surface area contributed by atoms with Crippen molar-refractivity contribution >= 4 is 5.91 Å². The van der Waals surface area contributed by atoms with Crippen LogP contribution in [-0.4, -0.2) is 35.1 Å². The molecule has 18 heavy (non-hydrogen) atoms. The van der Waals surface area contributed by atoms with E-state index in [4.69, 9.17) is 0 Å². The summed E-state index contributed by atoms with van der Waals surface area (Å²) in [5.74, 6) is 1.58. The van der Waals surface area contributed by atoms with Gasteiger partial charge in [0.05, 0.1) is 12.6 Å². The van der Waals surface area contributed by atoms with Crippen molar-refractivity contribution in [1.29, 1.82) is 0 Å². The summed E-state index contributed by atoms with van der Waals surface area (Å²) in [6, 6.07) is 0.106. The molecule has 3 nitrogen and oxygen atoms in total. The standard InChI is InChI=1S/C15H25NO2/c1-9(14(2,3)4)13(18)16-7-10-12(11(16)8-17)15(10)5-6-15/h9-12,17H,5-8H2,1-4H3/t9-,10+,11-,12?/m1/s1. The van der Waals surface area contributed by atoms with Crippen LogP contribution in [0.3, 0.4) is 0 Å². The monoisotopic (exact) mass is 251 g/mol. The Morgan fingerprint density at radius 3 is 2.50 bits per heavy atom. The van der Waals surface area contributed by atoms with Gasteiger partial charge in [-0.25, -0.2) is 0 Å². The first kappa shape index (κ1) is 12.5.